The number of aromatic nitrogens is 1. The van der Waals surface area contributed by atoms with Crippen molar-refractivity contribution in [1.29, 1.82) is 0 Å². The van der Waals surface area contributed by atoms with E-state index in [4.69, 9.17) is 4.74 Å². The number of aromatic carboxylic acids is 1. The van der Waals surface area contributed by atoms with E-state index in [0.717, 1.165) is 41.3 Å². The van der Waals surface area contributed by atoms with Crippen molar-refractivity contribution in [3.8, 4) is 5.75 Å². The molecule has 0 radical (unpaired) electrons. The summed E-state index contributed by atoms with van der Waals surface area (Å²) in [4.78, 5) is 16.2. The number of nitrogens with zero attached hydrogens (tertiary/aromatic N) is 1. The number of rotatable bonds is 9. The van der Waals surface area contributed by atoms with Crippen molar-refractivity contribution in [1.82, 2.24) is 4.98 Å². The summed E-state index contributed by atoms with van der Waals surface area (Å²) in [5.41, 5.74) is 3.64. The third kappa shape index (κ3) is 4.50. The molecular weight excluding hydrogens is 350 g/mol. The average molecular weight is 377 g/mol. The minimum atomic E-state index is -0.993. The van der Waals surface area contributed by atoms with Crippen LogP contribution in [-0.2, 0) is 13.0 Å². The molecule has 0 amide bonds. The van der Waals surface area contributed by atoms with E-state index >= 15 is 0 Å². The number of fused-ring (bicyclic) bond motifs is 1. The van der Waals surface area contributed by atoms with Gasteiger partial charge in [-0.15, -0.1) is 0 Å². The fourth-order valence-corrected chi connectivity index (χ4v) is 3.53. The van der Waals surface area contributed by atoms with Gasteiger partial charge in [-0.05, 0) is 42.5 Å². The van der Waals surface area contributed by atoms with Gasteiger partial charge in [0, 0.05) is 5.39 Å². The molecule has 0 aliphatic rings. The van der Waals surface area contributed by atoms with E-state index in [1.54, 1.807) is 0 Å². The van der Waals surface area contributed by atoms with Crippen LogP contribution in [0.2, 0.25) is 0 Å². The van der Waals surface area contributed by atoms with E-state index in [1.165, 1.54) is 12.8 Å². The maximum absolute atomic E-state index is 11.8. The number of hydrogen-bond acceptors (Lipinski definition) is 3. The van der Waals surface area contributed by atoms with Gasteiger partial charge in [0.25, 0.3) is 0 Å². The van der Waals surface area contributed by atoms with E-state index in [2.05, 4.69) is 11.9 Å². The number of pyridine rings is 1. The van der Waals surface area contributed by atoms with Gasteiger partial charge >= 0.3 is 5.97 Å². The molecule has 0 saturated carbocycles. The highest BCUT2D eigenvalue weighted by atomic mass is 16.5. The van der Waals surface area contributed by atoms with Crippen molar-refractivity contribution in [2.75, 3.05) is 0 Å². The summed E-state index contributed by atoms with van der Waals surface area (Å²) in [5.74, 6) is -0.370. The van der Waals surface area contributed by atoms with E-state index in [9.17, 15) is 9.90 Å². The Morgan fingerprint density at radius 3 is 2.54 bits per heavy atom. The van der Waals surface area contributed by atoms with Crippen molar-refractivity contribution in [2.24, 2.45) is 0 Å². The van der Waals surface area contributed by atoms with Gasteiger partial charge in [0.15, 0.2) is 5.69 Å². The fraction of sp³-hybridized carbons (Fsp3) is 0.333. The smallest absolute Gasteiger partial charge is 0.354 e. The SMILES string of the molecule is CCCCCCc1c(C)c(C(=O)O)nc2c(OCc3ccccc3)cccc12. The van der Waals surface area contributed by atoms with Crippen LogP contribution in [0.25, 0.3) is 10.9 Å². The van der Waals surface area contributed by atoms with Crippen molar-refractivity contribution < 1.29 is 14.6 Å². The van der Waals surface area contributed by atoms with Crippen LogP contribution in [-0.4, -0.2) is 16.1 Å². The third-order valence-electron chi connectivity index (χ3n) is 5.08. The number of unbranched alkanes of at least 4 members (excludes halogenated alkanes) is 3. The predicted octanol–water partition coefficient (Wildman–Crippen LogP) is 5.94. The van der Waals surface area contributed by atoms with Crippen LogP contribution >= 0.6 is 0 Å². The van der Waals surface area contributed by atoms with Crippen LogP contribution in [0.1, 0.15) is 59.8 Å². The summed E-state index contributed by atoms with van der Waals surface area (Å²) in [6, 6.07) is 15.8. The van der Waals surface area contributed by atoms with E-state index in [1.807, 2.05) is 55.5 Å². The lowest BCUT2D eigenvalue weighted by Gasteiger charge is -2.15. The molecule has 0 bridgehead atoms. The summed E-state index contributed by atoms with van der Waals surface area (Å²) >= 11 is 0. The zero-order valence-electron chi connectivity index (χ0n) is 16.6. The first-order valence-electron chi connectivity index (χ1n) is 9.94. The van der Waals surface area contributed by atoms with Gasteiger partial charge in [-0.2, -0.15) is 0 Å². The van der Waals surface area contributed by atoms with Gasteiger partial charge in [0.2, 0.25) is 0 Å². The summed E-state index contributed by atoms with van der Waals surface area (Å²) in [6.07, 6.45) is 5.41. The van der Waals surface area contributed by atoms with Crippen molar-refractivity contribution >= 4 is 16.9 Å². The average Bonchev–Trinajstić information content (AvgIpc) is 2.71. The second kappa shape index (κ2) is 9.36. The molecule has 0 spiro atoms. The Morgan fingerprint density at radius 1 is 1.04 bits per heavy atom. The molecule has 0 saturated heterocycles. The van der Waals surface area contributed by atoms with Gasteiger partial charge < -0.3 is 9.84 Å². The first-order chi connectivity index (χ1) is 13.6. The Hall–Kier alpha value is -2.88. The Bertz CT molecular complexity index is 951. The highest BCUT2D eigenvalue weighted by Gasteiger charge is 2.18. The third-order valence-corrected chi connectivity index (χ3v) is 5.08. The van der Waals surface area contributed by atoms with Crippen molar-refractivity contribution in [2.45, 2.75) is 52.6 Å². The molecular formula is C24H27NO3. The van der Waals surface area contributed by atoms with Gasteiger partial charge in [0.05, 0.1) is 0 Å². The monoisotopic (exact) mass is 377 g/mol. The molecule has 4 nitrogen and oxygen atoms in total. The van der Waals surface area contributed by atoms with E-state index < -0.39 is 5.97 Å². The summed E-state index contributed by atoms with van der Waals surface area (Å²) < 4.78 is 6.02. The Kier molecular flexibility index (Phi) is 6.64. The summed E-state index contributed by atoms with van der Waals surface area (Å²) in [5, 5.41) is 10.6. The molecule has 1 heterocycles. The second-order valence-corrected chi connectivity index (χ2v) is 7.11. The van der Waals surface area contributed by atoms with Crippen molar-refractivity contribution in [3.63, 3.8) is 0 Å². The molecule has 146 valence electrons. The zero-order valence-corrected chi connectivity index (χ0v) is 16.6. The van der Waals surface area contributed by atoms with Gasteiger partial charge in [-0.25, -0.2) is 9.78 Å². The van der Waals surface area contributed by atoms with Crippen LogP contribution in [0.15, 0.2) is 48.5 Å². The number of hydrogen-bond donors (Lipinski definition) is 1. The van der Waals surface area contributed by atoms with Gasteiger partial charge in [-0.1, -0.05) is 68.7 Å². The lowest BCUT2D eigenvalue weighted by atomic mass is 9.96. The molecule has 1 aromatic heterocycles. The maximum Gasteiger partial charge on any atom is 0.354 e. The van der Waals surface area contributed by atoms with E-state index in [0.29, 0.717) is 17.9 Å². The minimum Gasteiger partial charge on any atom is -0.487 e. The molecule has 1 N–H and O–H groups in total. The first-order valence-corrected chi connectivity index (χ1v) is 9.94. The quantitative estimate of drug-likeness (QED) is 0.469. The Balaban J connectivity index is 1.99. The Morgan fingerprint density at radius 2 is 1.82 bits per heavy atom. The minimum absolute atomic E-state index is 0.119. The fourth-order valence-electron chi connectivity index (χ4n) is 3.53. The lowest BCUT2D eigenvalue weighted by molar-refractivity contribution is 0.0690. The molecule has 3 rings (SSSR count). The number of benzene rings is 2. The number of ether oxygens (including phenoxy) is 1. The lowest BCUT2D eigenvalue weighted by Crippen LogP contribution is -2.08. The molecule has 0 atom stereocenters. The molecule has 0 aliphatic carbocycles. The molecule has 0 aliphatic heterocycles. The second-order valence-electron chi connectivity index (χ2n) is 7.11. The molecule has 28 heavy (non-hydrogen) atoms. The predicted molar refractivity (Wildman–Crippen MR) is 112 cm³/mol. The molecule has 2 aromatic carbocycles. The Labute approximate surface area is 166 Å². The maximum atomic E-state index is 11.8. The molecule has 0 fully saturated rings. The first kappa shape index (κ1) is 19.9. The standard InChI is InChI=1S/C24H27NO3/c1-3-4-5-9-13-19-17(2)22(24(26)27)25-23-20(19)14-10-15-21(23)28-16-18-11-7-6-8-12-18/h6-8,10-12,14-15H,3-5,9,13,16H2,1-2H3,(H,26,27). The molecule has 4 heteroatoms. The van der Waals surface area contributed by atoms with Crippen LogP contribution < -0.4 is 4.74 Å². The van der Waals surface area contributed by atoms with Crippen LogP contribution in [0.5, 0.6) is 5.75 Å². The molecule has 3 aromatic rings. The van der Waals surface area contributed by atoms with Crippen LogP contribution in [0.4, 0.5) is 0 Å². The number of carboxylic acid groups (broad SMARTS) is 1. The van der Waals surface area contributed by atoms with Crippen molar-refractivity contribution in [3.05, 3.63) is 70.9 Å². The number of aryl methyl sites for hydroxylation is 1. The van der Waals surface area contributed by atoms with E-state index in [-0.39, 0.29) is 5.69 Å². The summed E-state index contributed by atoms with van der Waals surface area (Å²) in [6.45, 7) is 4.47. The van der Waals surface area contributed by atoms with Crippen LogP contribution in [0.3, 0.4) is 0 Å². The number of carboxylic acids is 1. The molecule has 0 unspecified atom stereocenters. The van der Waals surface area contributed by atoms with Gasteiger partial charge in [-0.3, -0.25) is 0 Å². The zero-order chi connectivity index (χ0) is 19.9. The highest BCUT2D eigenvalue weighted by molar-refractivity contribution is 5.95. The highest BCUT2D eigenvalue weighted by Crippen LogP contribution is 2.31. The van der Waals surface area contributed by atoms with Crippen LogP contribution in [0, 0.1) is 6.92 Å². The number of carbonyl (C=O) groups is 1. The normalized spacial score (nSPS) is 10.9. The summed E-state index contributed by atoms with van der Waals surface area (Å²) in [7, 11) is 0. The topological polar surface area (TPSA) is 59.4 Å². The van der Waals surface area contributed by atoms with Gasteiger partial charge in [0.1, 0.15) is 17.9 Å². The largest absolute Gasteiger partial charge is 0.487 e. The number of para-hydroxylation sites is 1.